The third-order valence-corrected chi connectivity index (χ3v) is 5.15. The molecule has 3 rings (SSSR count). The second-order valence-corrected chi connectivity index (χ2v) is 6.18. The molecule has 2 heterocycles. The first-order chi connectivity index (χ1) is 6.80. The maximum Gasteiger partial charge on any atom is 0.0934 e. The largest absolute Gasteiger partial charge is 0.312 e. The third kappa shape index (κ3) is 1.24. The van der Waals surface area contributed by atoms with Crippen molar-refractivity contribution in [3.63, 3.8) is 0 Å². The standard InChI is InChI=1S/C11H14ClNS/c12-9-5-8-6-13-7-11(10(8)14-9)3-1-2-4-11/h5,13H,1-4,6-7H2. The Morgan fingerprint density at radius 2 is 2.14 bits per heavy atom. The number of halogens is 1. The van der Waals surface area contributed by atoms with Gasteiger partial charge in [-0.15, -0.1) is 11.3 Å². The number of fused-ring (bicyclic) bond motifs is 2. The fraction of sp³-hybridized carbons (Fsp3) is 0.636. The molecule has 0 saturated heterocycles. The number of nitrogens with one attached hydrogen (secondary N) is 1. The van der Waals surface area contributed by atoms with Gasteiger partial charge in [-0.3, -0.25) is 0 Å². The fourth-order valence-corrected chi connectivity index (χ4v) is 4.46. The summed E-state index contributed by atoms with van der Waals surface area (Å²) in [6.07, 6.45) is 5.47. The van der Waals surface area contributed by atoms with Crippen LogP contribution in [0.4, 0.5) is 0 Å². The predicted octanol–water partition coefficient (Wildman–Crippen LogP) is 3.32. The van der Waals surface area contributed by atoms with E-state index < -0.39 is 0 Å². The molecule has 1 aliphatic carbocycles. The van der Waals surface area contributed by atoms with E-state index in [1.54, 1.807) is 4.88 Å². The van der Waals surface area contributed by atoms with Gasteiger partial charge < -0.3 is 5.32 Å². The van der Waals surface area contributed by atoms with E-state index >= 15 is 0 Å². The summed E-state index contributed by atoms with van der Waals surface area (Å²) in [6, 6.07) is 2.15. The first-order valence-electron chi connectivity index (χ1n) is 5.30. The van der Waals surface area contributed by atoms with Crippen LogP contribution >= 0.6 is 22.9 Å². The first-order valence-corrected chi connectivity index (χ1v) is 6.49. The van der Waals surface area contributed by atoms with Crippen LogP contribution in [0.3, 0.4) is 0 Å². The Morgan fingerprint density at radius 1 is 1.36 bits per heavy atom. The lowest BCUT2D eigenvalue weighted by Crippen LogP contribution is -2.39. The van der Waals surface area contributed by atoms with E-state index in [1.807, 2.05) is 11.3 Å². The average Bonchev–Trinajstić information content (AvgIpc) is 2.74. The van der Waals surface area contributed by atoms with Gasteiger partial charge in [-0.05, 0) is 24.5 Å². The average molecular weight is 228 g/mol. The molecule has 3 heteroatoms. The maximum atomic E-state index is 6.10. The highest BCUT2D eigenvalue weighted by Crippen LogP contribution is 2.47. The molecule has 1 spiro atoms. The summed E-state index contributed by atoms with van der Waals surface area (Å²) in [4.78, 5) is 1.58. The summed E-state index contributed by atoms with van der Waals surface area (Å²) in [7, 11) is 0. The van der Waals surface area contributed by atoms with Gasteiger partial charge in [0, 0.05) is 23.4 Å². The number of hydrogen-bond donors (Lipinski definition) is 1. The lowest BCUT2D eigenvalue weighted by Gasteiger charge is -2.33. The Hall–Kier alpha value is -0.0500. The van der Waals surface area contributed by atoms with Gasteiger partial charge in [0.15, 0.2) is 0 Å². The van der Waals surface area contributed by atoms with E-state index in [9.17, 15) is 0 Å². The van der Waals surface area contributed by atoms with Crippen LogP contribution in [0.1, 0.15) is 36.1 Å². The van der Waals surface area contributed by atoms with Crippen LogP contribution in [0.5, 0.6) is 0 Å². The van der Waals surface area contributed by atoms with Crippen molar-refractivity contribution in [3.8, 4) is 0 Å². The van der Waals surface area contributed by atoms with Crippen LogP contribution in [-0.2, 0) is 12.0 Å². The Balaban J connectivity index is 2.09. The molecule has 1 saturated carbocycles. The quantitative estimate of drug-likeness (QED) is 0.717. The fourth-order valence-electron chi connectivity index (χ4n) is 2.95. The zero-order valence-electron chi connectivity index (χ0n) is 8.11. The normalized spacial score (nSPS) is 24.1. The SMILES string of the molecule is Clc1cc2c(s1)C1(CCCC1)CNC2. The lowest BCUT2D eigenvalue weighted by atomic mass is 9.80. The number of rotatable bonds is 0. The van der Waals surface area contributed by atoms with Crippen molar-refractivity contribution in [2.75, 3.05) is 6.54 Å². The molecule has 0 aromatic carbocycles. The predicted molar refractivity (Wildman–Crippen MR) is 61.2 cm³/mol. The van der Waals surface area contributed by atoms with E-state index in [4.69, 9.17) is 11.6 Å². The van der Waals surface area contributed by atoms with E-state index in [0.717, 1.165) is 17.4 Å². The molecule has 0 radical (unpaired) electrons. The topological polar surface area (TPSA) is 12.0 Å². The second kappa shape index (κ2) is 3.22. The number of thiophene rings is 1. The van der Waals surface area contributed by atoms with Gasteiger partial charge in [-0.25, -0.2) is 0 Å². The zero-order chi connectivity index (χ0) is 9.60. The van der Waals surface area contributed by atoms with Gasteiger partial charge in [-0.2, -0.15) is 0 Å². The highest BCUT2D eigenvalue weighted by molar-refractivity contribution is 7.16. The Morgan fingerprint density at radius 3 is 2.93 bits per heavy atom. The van der Waals surface area contributed by atoms with Crippen molar-refractivity contribution in [1.29, 1.82) is 0 Å². The lowest BCUT2D eigenvalue weighted by molar-refractivity contribution is 0.386. The van der Waals surface area contributed by atoms with Crippen molar-refractivity contribution < 1.29 is 0 Å². The second-order valence-electron chi connectivity index (χ2n) is 4.50. The van der Waals surface area contributed by atoms with E-state index in [2.05, 4.69) is 11.4 Å². The van der Waals surface area contributed by atoms with Gasteiger partial charge >= 0.3 is 0 Å². The first kappa shape index (κ1) is 9.20. The monoisotopic (exact) mass is 227 g/mol. The minimum absolute atomic E-state index is 0.450. The van der Waals surface area contributed by atoms with E-state index in [1.165, 1.54) is 31.2 Å². The summed E-state index contributed by atoms with van der Waals surface area (Å²) in [6.45, 7) is 2.18. The van der Waals surface area contributed by atoms with Gasteiger partial charge in [0.2, 0.25) is 0 Å². The molecular formula is C11H14ClNS. The molecule has 0 atom stereocenters. The third-order valence-electron chi connectivity index (χ3n) is 3.60. The van der Waals surface area contributed by atoms with E-state index in [0.29, 0.717) is 5.41 Å². The van der Waals surface area contributed by atoms with Gasteiger partial charge in [0.25, 0.3) is 0 Å². The molecule has 1 N–H and O–H groups in total. The minimum Gasteiger partial charge on any atom is -0.312 e. The molecule has 2 aliphatic rings. The Labute approximate surface area is 93.5 Å². The highest BCUT2D eigenvalue weighted by atomic mass is 35.5. The molecule has 0 bridgehead atoms. The van der Waals surface area contributed by atoms with Crippen molar-refractivity contribution >= 4 is 22.9 Å². The molecular weight excluding hydrogens is 214 g/mol. The Bertz CT molecular complexity index is 352. The van der Waals surface area contributed by atoms with Gasteiger partial charge in [0.05, 0.1) is 4.34 Å². The maximum absolute atomic E-state index is 6.10. The Kier molecular flexibility index (Phi) is 2.12. The van der Waals surface area contributed by atoms with Crippen LogP contribution in [0.15, 0.2) is 6.07 Å². The van der Waals surface area contributed by atoms with Crippen molar-refractivity contribution in [1.82, 2.24) is 5.32 Å². The molecule has 0 amide bonds. The molecule has 14 heavy (non-hydrogen) atoms. The summed E-state index contributed by atoms with van der Waals surface area (Å²) < 4.78 is 0.963. The van der Waals surface area contributed by atoms with Gasteiger partial charge in [-0.1, -0.05) is 24.4 Å². The van der Waals surface area contributed by atoms with E-state index in [-0.39, 0.29) is 0 Å². The molecule has 1 aromatic rings. The minimum atomic E-state index is 0.450. The molecule has 76 valence electrons. The van der Waals surface area contributed by atoms with Crippen molar-refractivity contribution in [3.05, 3.63) is 20.8 Å². The summed E-state index contributed by atoms with van der Waals surface area (Å²) in [5.41, 5.74) is 1.90. The van der Waals surface area contributed by atoms with Crippen LogP contribution in [0.25, 0.3) is 0 Å². The van der Waals surface area contributed by atoms with Crippen molar-refractivity contribution in [2.45, 2.75) is 37.6 Å². The van der Waals surface area contributed by atoms with Crippen molar-refractivity contribution in [2.24, 2.45) is 0 Å². The van der Waals surface area contributed by atoms with Crippen LogP contribution in [0, 0.1) is 0 Å². The van der Waals surface area contributed by atoms with Crippen LogP contribution in [0.2, 0.25) is 4.34 Å². The smallest absolute Gasteiger partial charge is 0.0934 e. The zero-order valence-corrected chi connectivity index (χ0v) is 9.68. The highest BCUT2D eigenvalue weighted by Gasteiger charge is 2.40. The summed E-state index contributed by atoms with van der Waals surface area (Å²) in [5.74, 6) is 0. The summed E-state index contributed by atoms with van der Waals surface area (Å²) in [5, 5.41) is 3.54. The van der Waals surface area contributed by atoms with Crippen LogP contribution in [-0.4, -0.2) is 6.54 Å². The molecule has 1 aromatic heterocycles. The molecule has 1 fully saturated rings. The molecule has 1 aliphatic heterocycles. The summed E-state index contributed by atoms with van der Waals surface area (Å²) >= 11 is 7.91. The van der Waals surface area contributed by atoms with Gasteiger partial charge in [0.1, 0.15) is 0 Å². The molecule has 0 unspecified atom stereocenters. The van der Waals surface area contributed by atoms with Crippen LogP contribution < -0.4 is 5.32 Å². The number of hydrogen-bond acceptors (Lipinski definition) is 2. The molecule has 1 nitrogen and oxygen atoms in total.